The molecule has 0 N–H and O–H groups in total. The van der Waals surface area contributed by atoms with Gasteiger partial charge in [0, 0.05) is 54.4 Å². The first kappa shape index (κ1) is 69.7. The van der Waals surface area contributed by atoms with E-state index in [1.54, 1.807) is 276 Å². The van der Waals surface area contributed by atoms with E-state index < -0.39 is 0 Å². The third kappa shape index (κ3) is 12.5. The van der Waals surface area contributed by atoms with Gasteiger partial charge in [0.25, 0.3) is 0 Å². The predicted molar refractivity (Wildman–Crippen MR) is 415 cm³/mol. The first-order valence-electron chi connectivity index (χ1n) is 46.9. The molecule has 0 radical (unpaired) electrons. The summed E-state index contributed by atoms with van der Waals surface area (Å²) in [4.78, 5) is 11.4. The van der Waals surface area contributed by atoms with Crippen LogP contribution < -0.4 is 0 Å². The number of hydrogen-bond donors (Lipinski definition) is 0. The number of hydrogen-bond acceptors (Lipinski definition) is 3. The minimum atomic E-state index is 0.348. The second-order valence-electron chi connectivity index (χ2n) is 45.4. The molecule has 3 aliphatic heterocycles. The van der Waals surface area contributed by atoms with Crippen LogP contribution in [-0.4, -0.2) is 75.8 Å². The molecule has 15 saturated carbocycles. The molecular formula is C94H158BN3. The van der Waals surface area contributed by atoms with Crippen molar-refractivity contribution in [2.24, 2.45) is 141 Å². The van der Waals surface area contributed by atoms with Gasteiger partial charge in [-0.15, -0.1) is 0 Å². The fourth-order valence-electron chi connectivity index (χ4n) is 34.9. The maximum absolute atomic E-state index is 3.95. The molecule has 15 aliphatic carbocycles. The van der Waals surface area contributed by atoms with Gasteiger partial charge >= 0.3 is 0 Å². The molecule has 27 unspecified atom stereocenters. The summed E-state index contributed by atoms with van der Waals surface area (Å²) in [6.07, 6.45) is 77.0. The maximum atomic E-state index is 3.95. The zero-order chi connectivity index (χ0) is 66.5. The van der Waals surface area contributed by atoms with Gasteiger partial charge in [0.2, 0.25) is 0 Å². The second kappa shape index (κ2) is 28.2. The van der Waals surface area contributed by atoms with Gasteiger partial charge in [-0.1, -0.05) is 242 Å². The lowest BCUT2D eigenvalue weighted by atomic mass is 9.18. The normalized spacial score (nSPS) is 49.9. The summed E-state index contributed by atoms with van der Waals surface area (Å²) in [7, 11) is 0. The Labute approximate surface area is 607 Å². The van der Waals surface area contributed by atoms with Gasteiger partial charge in [-0.25, -0.2) is 0 Å². The molecule has 27 atom stereocenters. The molecule has 0 aromatic rings. The van der Waals surface area contributed by atoms with E-state index in [1.165, 1.54) is 38.5 Å². The summed E-state index contributed by atoms with van der Waals surface area (Å²) in [6.45, 7) is 25.7. The van der Waals surface area contributed by atoms with E-state index in [2.05, 4.69) is 77.0 Å². The Balaban J connectivity index is 0.812. The summed E-state index contributed by atoms with van der Waals surface area (Å²) in [6, 6.07) is 7.70. The molecule has 0 spiro atoms. The molecule has 98 heavy (non-hydrogen) atoms. The van der Waals surface area contributed by atoms with E-state index in [4.69, 9.17) is 0 Å². The third-order valence-corrected chi connectivity index (χ3v) is 38.8. The second-order valence-corrected chi connectivity index (χ2v) is 45.4. The molecule has 18 fully saturated rings. The van der Waals surface area contributed by atoms with Gasteiger partial charge in [-0.2, -0.15) is 0 Å². The van der Waals surface area contributed by atoms with Crippen LogP contribution in [0, 0.1) is 141 Å². The van der Waals surface area contributed by atoms with Crippen molar-refractivity contribution in [3.63, 3.8) is 0 Å². The van der Waals surface area contributed by atoms with Crippen LogP contribution in [0.15, 0.2) is 0 Å². The van der Waals surface area contributed by atoms with Crippen LogP contribution in [0.2, 0.25) is 17.5 Å². The highest BCUT2D eigenvalue weighted by Gasteiger charge is 2.70. The van der Waals surface area contributed by atoms with Crippen LogP contribution in [0.1, 0.15) is 377 Å². The first-order chi connectivity index (χ1) is 47.5. The molecule has 552 valence electrons. The lowest BCUT2D eigenvalue weighted by Crippen LogP contribution is -2.77. The standard InChI is InChI=1S/C94H158BN3/c1-92(2,3)67-50-64-44-45-65-51-68(93(4,5)6)55-78-77(53-66(52-67)87(64)88(65)78)63-46-49-83-80(54-63)95-79-48-47-70(96-81-42-24-22-36-75(81)76-37-23-25-43-82(76)96)58-84(79)98(91-73(61-32-18-12-19-33-61)40-27-41-74(91)62-34-20-13-21-35-62)86-57-69(94(7,8)9)56-85(89(86)95)97(83)90-71(59-28-14-10-15-29-59)38-26-39-72(90)60-30-16-11-17-31-60/h59-91H,10-58H2,1-9H3. The van der Waals surface area contributed by atoms with Crippen molar-refractivity contribution in [2.45, 2.75) is 449 Å². The minimum Gasteiger partial charge on any atom is -0.295 e. The van der Waals surface area contributed by atoms with E-state index in [-0.39, 0.29) is 0 Å². The van der Waals surface area contributed by atoms with Gasteiger partial charge in [0.05, 0.1) is 0 Å². The zero-order valence-electron chi connectivity index (χ0n) is 66.1. The summed E-state index contributed by atoms with van der Waals surface area (Å²) >= 11 is 0. The Hall–Kier alpha value is -0.0551. The highest BCUT2D eigenvalue weighted by molar-refractivity contribution is 6.65. The maximum Gasteiger partial charge on any atom is 0.156 e. The number of nitrogens with zero attached hydrogens (tertiary/aromatic N) is 3. The van der Waals surface area contributed by atoms with Gasteiger partial charge in [0.15, 0.2) is 6.71 Å². The summed E-state index contributed by atoms with van der Waals surface area (Å²) in [5.41, 5.74) is 1.23. The monoisotopic (exact) mass is 1340 g/mol. The average molecular weight is 1340 g/mol. The molecule has 0 amide bonds. The average Bonchev–Trinajstić information content (AvgIpc) is 0.739. The van der Waals surface area contributed by atoms with Crippen molar-refractivity contribution in [1.82, 2.24) is 14.7 Å². The molecule has 4 heteroatoms. The van der Waals surface area contributed by atoms with Crippen LogP contribution in [-0.2, 0) is 0 Å². The van der Waals surface area contributed by atoms with E-state index in [0.717, 1.165) is 203 Å². The molecule has 3 saturated heterocycles. The molecule has 3 nitrogen and oxygen atoms in total. The Kier molecular flexibility index (Phi) is 20.0. The quantitative estimate of drug-likeness (QED) is 0.224. The number of likely N-dealkylation sites (tertiary alicyclic amines) is 1. The topological polar surface area (TPSA) is 9.72 Å². The summed E-state index contributed by atoms with van der Waals surface area (Å²) in [5, 5.41) is 0. The van der Waals surface area contributed by atoms with E-state index in [1.807, 2.05) is 0 Å². The summed E-state index contributed by atoms with van der Waals surface area (Å²) in [5.74, 6) is 23.5. The minimum absolute atomic E-state index is 0.348. The van der Waals surface area contributed by atoms with Crippen LogP contribution in [0.4, 0.5) is 0 Å². The first-order valence-corrected chi connectivity index (χ1v) is 46.9. The molecule has 18 rings (SSSR count). The molecule has 0 aromatic heterocycles. The number of rotatable bonds is 8. The molecule has 18 aliphatic rings. The Morgan fingerprint density at radius 1 is 0.224 bits per heavy atom. The Morgan fingerprint density at radius 2 is 0.633 bits per heavy atom. The fourth-order valence-corrected chi connectivity index (χ4v) is 34.9. The van der Waals surface area contributed by atoms with Crippen molar-refractivity contribution in [2.75, 3.05) is 0 Å². The van der Waals surface area contributed by atoms with Gasteiger partial charge in [-0.05, 0) is 293 Å². The summed E-state index contributed by atoms with van der Waals surface area (Å²) < 4.78 is 0. The molecular weight excluding hydrogens is 1180 g/mol. The Morgan fingerprint density at radius 3 is 1.12 bits per heavy atom. The lowest BCUT2D eigenvalue weighted by molar-refractivity contribution is -0.156. The van der Waals surface area contributed by atoms with Gasteiger partial charge < -0.3 is 0 Å². The van der Waals surface area contributed by atoms with Crippen LogP contribution >= 0.6 is 0 Å². The molecule has 0 bridgehead atoms. The highest BCUT2D eigenvalue weighted by atomic mass is 15.3. The highest BCUT2D eigenvalue weighted by Crippen LogP contribution is 2.72. The van der Waals surface area contributed by atoms with E-state index in [9.17, 15) is 0 Å². The van der Waals surface area contributed by atoms with Crippen molar-refractivity contribution < 1.29 is 0 Å². The van der Waals surface area contributed by atoms with E-state index in [0.29, 0.717) is 16.2 Å². The van der Waals surface area contributed by atoms with Crippen LogP contribution in [0.25, 0.3) is 0 Å². The van der Waals surface area contributed by atoms with Gasteiger partial charge in [-0.3, -0.25) is 14.7 Å². The largest absolute Gasteiger partial charge is 0.295 e. The fraction of sp³-hybridized carbons (Fsp3) is 1.00. The van der Waals surface area contributed by atoms with Crippen molar-refractivity contribution >= 4 is 6.71 Å². The van der Waals surface area contributed by atoms with Crippen LogP contribution in [0.5, 0.6) is 0 Å². The van der Waals surface area contributed by atoms with Crippen molar-refractivity contribution in [3.8, 4) is 0 Å². The van der Waals surface area contributed by atoms with E-state index >= 15 is 0 Å². The SMILES string of the molecule is CC(C)(C)C1CC2CCC3CC(C(C)(C)C)CC4C(C5CCC6C(C5)B5C7CCC(N8C9CCCCC9C9CCCCC98)CC7N(C7C(C8CCCCC8)CCCC7C7CCCCC7)C7CC(C(C)(C)C)CC(C57)N6C5C(C6CCCCC6)CCCC5C5CCCCC5)CC(C1)C2C34. The number of fused-ring (bicyclic) bond motifs is 7. The lowest BCUT2D eigenvalue weighted by Gasteiger charge is -2.73. The molecule has 3 heterocycles. The van der Waals surface area contributed by atoms with Crippen molar-refractivity contribution in [1.29, 1.82) is 0 Å². The van der Waals surface area contributed by atoms with Crippen molar-refractivity contribution in [3.05, 3.63) is 0 Å². The molecule has 0 aromatic carbocycles. The smallest absolute Gasteiger partial charge is 0.156 e. The zero-order valence-corrected chi connectivity index (χ0v) is 66.1. The predicted octanol–water partition coefficient (Wildman–Crippen LogP) is 25.3. The third-order valence-electron chi connectivity index (χ3n) is 38.8. The van der Waals surface area contributed by atoms with Crippen LogP contribution in [0.3, 0.4) is 0 Å². The Bertz CT molecular complexity index is 2560. The van der Waals surface area contributed by atoms with Gasteiger partial charge in [0.1, 0.15) is 0 Å².